The summed E-state index contributed by atoms with van der Waals surface area (Å²) in [4.78, 5) is 38.6. The highest BCUT2D eigenvalue weighted by Gasteiger charge is 2.27. The maximum atomic E-state index is 6.33. The van der Waals surface area contributed by atoms with E-state index in [9.17, 15) is 0 Å². The lowest BCUT2D eigenvalue weighted by Gasteiger charge is -2.22. The molecular weight excluding hydrogens is 1510 g/mol. The predicted octanol–water partition coefficient (Wildman–Crippen LogP) is 28.7. The van der Waals surface area contributed by atoms with Crippen molar-refractivity contribution in [2.45, 2.75) is 120 Å². The molecule has 6 aromatic heterocycles. The van der Waals surface area contributed by atoms with Gasteiger partial charge in [0.15, 0.2) is 0 Å². The molecule has 1 atom stereocenters. The van der Waals surface area contributed by atoms with Crippen LogP contribution in [0.4, 0.5) is 0 Å². The van der Waals surface area contributed by atoms with Gasteiger partial charge in [0.25, 0.3) is 0 Å². The van der Waals surface area contributed by atoms with Crippen molar-refractivity contribution in [3.05, 3.63) is 308 Å². The van der Waals surface area contributed by atoms with Crippen LogP contribution in [0.15, 0.2) is 223 Å². The quantitative estimate of drug-likeness (QED) is 0.0391. The molecule has 13 aromatic rings. The van der Waals surface area contributed by atoms with E-state index in [1.807, 2.05) is 31.2 Å². The maximum absolute atomic E-state index is 6.33. The van der Waals surface area contributed by atoms with Crippen molar-refractivity contribution in [2.24, 2.45) is 5.92 Å². The van der Waals surface area contributed by atoms with Crippen LogP contribution >= 0.6 is 0 Å². The molecule has 0 saturated carbocycles. The number of nitrogens with one attached hydrogen (secondary N) is 4. The topological polar surface area (TPSA) is 142 Å². The van der Waals surface area contributed by atoms with Gasteiger partial charge in [-0.1, -0.05) is 179 Å². The summed E-state index contributed by atoms with van der Waals surface area (Å²) in [5, 5.41) is 0. The zero-order chi connectivity index (χ0) is 84.2. The Kier molecular flexibility index (Phi) is 22.8. The summed E-state index contributed by atoms with van der Waals surface area (Å²) in [5.41, 5.74) is 38.8. The Balaban J connectivity index is 0.767. The molecule has 4 aliphatic heterocycles. The number of terminal acetylenes is 1. The van der Waals surface area contributed by atoms with Crippen LogP contribution in [-0.4, -0.2) is 59.7 Å². The second kappa shape index (κ2) is 35.2. The number of nitrogens with zero attached hydrogens (tertiary/aromatic N) is 4. The Labute approximate surface area is 721 Å². The van der Waals surface area contributed by atoms with Crippen LogP contribution in [0.3, 0.4) is 0 Å². The van der Waals surface area contributed by atoms with E-state index >= 15 is 0 Å². The number of allylic oxidation sites excluding steroid dienone is 4. The molecule has 5 aliphatic rings. The van der Waals surface area contributed by atoms with Crippen molar-refractivity contribution < 1.29 is 14.2 Å². The number of ether oxygens (including phenoxy) is 3. The van der Waals surface area contributed by atoms with Gasteiger partial charge in [0, 0.05) is 105 Å². The molecule has 1 aliphatic carbocycles. The summed E-state index contributed by atoms with van der Waals surface area (Å²) in [6.45, 7) is 21.8. The third-order valence-electron chi connectivity index (χ3n) is 24.0. The number of unbranched alkanes of at least 4 members (excludes halogenated alkanes) is 6. The standard InChI is InChI=1S/C112H100N8O3/c1-11-15-17-19-63-122-85-43-37-82(38-44-85)108-90-50-47-87(113-90)105(78-29-23-75(13-3)24-30-78)95-55-59-99(117-95)111(103-71(7)65-69(5)66-72(103)8)100-60-56-96(118-100)106(88-48-51-91(108)114-88)79-31-25-76(26-32-79)21-22-77-27-33-80(34-28-77)107-89-49-52-92(115-89)109(83-39-45-86(46-40-83)123-64-20-18-16-12-2)93-53-54-94(116-93)110(81-35-41-84(42-36-81)121-14-4)98-58-62-102(120-98)112(101-61-57-97(107)119-101)104-73(9)67-70(6)68-74(104)10/h3,23-62,65,67-69,114,116-117,119H,11-12,14-20,63-64,66H2,1-2,4-10H3. The van der Waals surface area contributed by atoms with Crippen LogP contribution < -0.4 is 14.2 Å². The molecule has 1 unspecified atom stereocenters. The lowest BCUT2D eigenvalue weighted by Crippen LogP contribution is -2.05. The zero-order valence-corrected chi connectivity index (χ0v) is 71.5. The van der Waals surface area contributed by atoms with Gasteiger partial charge in [0.1, 0.15) is 17.2 Å². The minimum Gasteiger partial charge on any atom is -0.494 e. The fourth-order valence-corrected chi connectivity index (χ4v) is 18.3. The number of aromatic amines is 4. The third kappa shape index (κ3) is 16.6. The van der Waals surface area contributed by atoms with Crippen LogP contribution in [0.1, 0.15) is 184 Å². The summed E-state index contributed by atoms with van der Waals surface area (Å²) < 4.78 is 18.6. The Morgan fingerprint density at radius 2 is 0.626 bits per heavy atom. The van der Waals surface area contributed by atoms with Gasteiger partial charge in [0.05, 0.1) is 65.4 Å². The normalized spacial score (nSPS) is 13.3. The van der Waals surface area contributed by atoms with Crippen LogP contribution in [0, 0.1) is 50.9 Å². The van der Waals surface area contributed by atoms with Crippen LogP contribution in [0.2, 0.25) is 0 Å². The molecule has 11 heteroatoms. The van der Waals surface area contributed by atoms with Crippen LogP contribution in [0.25, 0.3) is 176 Å². The minimum absolute atomic E-state index is 0.404. The Hall–Kier alpha value is -14.3. The maximum Gasteiger partial charge on any atom is 0.119 e. The van der Waals surface area contributed by atoms with Gasteiger partial charge in [-0.2, -0.15) is 0 Å². The molecule has 4 N–H and O–H groups in total. The lowest BCUT2D eigenvalue weighted by atomic mass is 9.83. The van der Waals surface area contributed by atoms with Crippen LogP contribution in [-0.2, 0) is 0 Å². The van der Waals surface area contributed by atoms with E-state index in [2.05, 4.69) is 330 Å². The van der Waals surface area contributed by atoms with E-state index in [4.69, 9.17) is 40.6 Å². The summed E-state index contributed by atoms with van der Waals surface area (Å²) in [6.07, 6.45) is 35.6. The first-order valence-electron chi connectivity index (χ1n) is 43.5. The van der Waals surface area contributed by atoms with Gasteiger partial charge in [-0.15, -0.1) is 6.42 Å². The van der Waals surface area contributed by atoms with Crippen molar-refractivity contribution >= 4 is 98.3 Å². The Morgan fingerprint density at radius 3 is 0.943 bits per heavy atom. The molecule has 0 amide bonds. The number of fused-ring (bicyclic) bond motifs is 16. The summed E-state index contributed by atoms with van der Waals surface area (Å²) in [7, 11) is 0. The molecule has 0 radical (unpaired) electrons. The third-order valence-corrected chi connectivity index (χ3v) is 24.0. The first kappa shape index (κ1) is 79.8. The fourth-order valence-electron chi connectivity index (χ4n) is 18.3. The first-order chi connectivity index (χ1) is 60.2. The van der Waals surface area contributed by atoms with E-state index < -0.39 is 0 Å². The largest absolute Gasteiger partial charge is 0.494 e. The van der Waals surface area contributed by atoms with Crippen molar-refractivity contribution in [2.75, 3.05) is 19.8 Å². The SMILES string of the molecule is C#Cc1ccc(-c2c3nc(c(-c4ccc(OCCCCCC)cc4)c4ccc([nH]4)c(-c4ccc(C#Cc5ccc(-c6c7nc(c(-c8ccc(OCCCCCC)cc8)c8ccc([nH]8)c(-c8ccc(OCC)cc8)c8nc(c(-c9c(C)cc(C)cc9C)c9ccc6[nH]9)C=C8)C=C7)cc5)cc4)c4nc(c(C5=C(C)CC(C)C=C5C)c5ccc2[nH]5)C=C4)C=C3)cc1. The number of benzene rings is 7. The predicted molar refractivity (Wildman–Crippen MR) is 514 cm³/mol. The van der Waals surface area contributed by atoms with E-state index in [1.54, 1.807) is 0 Å². The summed E-state index contributed by atoms with van der Waals surface area (Å²) in [5.74, 6) is 12.9. The number of aryl methyl sites for hydroxylation is 3. The van der Waals surface area contributed by atoms with E-state index in [1.165, 1.54) is 59.1 Å². The van der Waals surface area contributed by atoms with Gasteiger partial charge >= 0.3 is 0 Å². The molecule has 123 heavy (non-hydrogen) atoms. The Bertz CT molecular complexity index is 6950. The number of hydrogen-bond donors (Lipinski definition) is 4. The second-order valence-corrected chi connectivity index (χ2v) is 32.9. The molecule has 606 valence electrons. The van der Waals surface area contributed by atoms with Gasteiger partial charge in [-0.05, 0) is 298 Å². The van der Waals surface area contributed by atoms with Crippen molar-refractivity contribution in [3.8, 4) is 119 Å². The van der Waals surface area contributed by atoms with Gasteiger partial charge in [0.2, 0.25) is 0 Å². The molecule has 7 aromatic carbocycles. The van der Waals surface area contributed by atoms with E-state index in [0.717, 1.165) is 239 Å². The smallest absolute Gasteiger partial charge is 0.119 e. The zero-order valence-electron chi connectivity index (χ0n) is 71.5. The Morgan fingerprint density at radius 1 is 0.333 bits per heavy atom. The number of rotatable bonds is 22. The second-order valence-electron chi connectivity index (χ2n) is 32.9. The average molecular weight is 1610 g/mol. The number of hydrogen-bond acceptors (Lipinski definition) is 7. The molecule has 18 rings (SSSR count). The monoisotopic (exact) mass is 1600 g/mol. The molecule has 0 spiro atoms. The van der Waals surface area contributed by atoms with E-state index in [0.29, 0.717) is 25.7 Å². The van der Waals surface area contributed by atoms with E-state index in [-0.39, 0.29) is 0 Å². The van der Waals surface area contributed by atoms with Crippen LogP contribution in [0.5, 0.6) is 17.2 Å². The van der Waals surface area contributed by atoms with Gasteiger partial charge in [-0.25, -0.2) is 19.9 Å². The average Bonchev–Trinajstić information content (AvgIpc) is 1.64. The molecule has 11 nitrogen and oxygen atoms in total. The highest BCUT2D eigenvalue weighted by atomic mass is 16.5. The van der Waals surface area contributed by atoms with Gasteiger partial charge < -0.3 is 34.1 Å². The number of H-pyrrole nitrogens is 4. The molecule has 10 heterocycles. The molecular formula is C112H100N8O3. The molecule has 0 saturated heterocycles. The summed E-state index contributed by atoms with van der Waals surface area (Å²) >= 11 is 0. The number of aromatic nitrogens is 8. The molecule has 16 bridgehead atoms. The van der Waals surface area contributed by atoms with Crippen molar-refractivity contribution in [3.63, 3.8) is 0 Å². The fraction of sp³-hybridized carbons (Fsp3) is 0.196. The van der Waals surface area contributed by atoms with Gasteiger partial charge in [-0.3, -0.25) is 0 Å². The highest BCUT2D eigenvalue weighted by Crippen LogP contribution is 2.46. The minimum atomic E-state index is 0.404. The summed E-state index contributed by atoms with van der Waals surface area (Å²) in [6, 6.07) is 72.7. The van der Waals surface area contributed by atoms with Crippen molar-refractivity contribution in [1.82, 2.24) is 39.9 Å². The first-order valence-corrected chi connectivity index (χ1v) is 43.5. The highest BCUT2D eigenvalue weighted by molar-refractivity contribution is 6.04. The lowest BCUT2D eigenvalue weighted by molar-refractivity contribution is 0.305. The molecule has 0 fully saturated rings. The van der Waals surface area contributed by atoms with Crippen molar-refractivity contribution in [1.29, 1.82) is 0 Å².